The molecule has 1 aliphatic heterocycles. The number of amides is 4. The van der Waals surface area contributed by atoms with E-state index in [9.17, 15) is 19.2 Å². The van der Waals surface area contributed by atoms with Crippen molar-refractivity contribution in [3.8, 4) is 0 Å². The molecular weight excluding hydrogens is 490 g/mol. The maximum absolute atomic E-state index is 14.1. The summed E-state index contributed by atoms with van der Waals surface area (Å²) in [4.78, 5) is 54.1. The van der Waals surface area contributed by atoms with Gasteiger partial charge in [-0.15, -0.1) is 0 Å². The fourth-order valence-electron chi connectivity index (χ4n) is 3.86. The molecule has 0 spiro atoms. The van der Waals surface area contributed by atoms with Crippen molar-refractivity contribution in [3.63, 3.8) is 0 Å². The summed E-state index contributed by atoms with van der Waals surface area (Å²) in [5, 5.41) is 0.766. The summed E-state index contributed by atoms with van der Waals surface area (Å²) in [6.07, 6.45) is -2.45. The van der Waals surface area contributed by atoms with Crippen LogP contribution in [-0.2, 0) is 25.4 Å². The van der Waals surface area contributed by atoms with Gasteiger partial charge in [-0.2, -0.15) is 5.01 Å². The maximum atomic E-state index is 14.1. The first-order valence-corrected chi connectivity index (χ1v) is 12.4. The molecule has 0 saturated carbocycles. The number of cyclic esters (lactones) is 1. The number of hydrogen-bond donors (Lipinski definition) is 1. The number of rotatable bonds is 5. The van der Waals surface area contributed by atoms with Crippen molar-refractivity contribution in [2.24, 2.45) is 0 Å². The van der Waals surface area contributed by atoms with Crippen LogP contribution in [0.5, 0.6) is 0 Å². The van der Waals surface area contributed by atoms with E-state index in [0.717, 1.165) is 15.5 Å². The zero-order chi connectivity index (χ0) is 28.1. The monoisotopic (exact) mass is 525 g/mol. The second kappa shape index (κ2) is 11.5. The molecule has 2 aromatic rings. The minimum absolute atomic E-state index is 0.00703. The maximum Gasteiger partial charge on any atom is 0.430 e. The SMILES string of the molecule is CC(C)(C)OC(=O)NN(C(=O)OC(C)(C)C)C(C(=O)N1C(=O)OC[C@@H]1Cc1ccccc1)c1ccccc1. The summed E-state index contributed by atoms with van der Waals surface area (Å²) in [5.74, 6) is -0.762. The van der Waals surface area contributed by atoms with Crippen LogP contribution in [0, 0.1) is 0 Å². The van der Waals surface area contributed by atoms with Gasteiger partial charge in [-0.05, 0) is 59.1 Å². The molecule has 3 rings (SSSR count). The highest BCUT2D eigenvalue weighted by molar-refractivity contribution is 5.98. The van der Waals surface area contributed by atoms with E-state index >= 15 is 0 Å². The molecule has 1 heterocycles. The van der Waals surface area contributed by atoms with E-state index in [2.05, 4.69) is 5.43 Å². The Labute approximate surface area is 222 Å². The van der Waals surface area contributed by atoms with Crippen LogP contribution in [0.3, 0.4) is 0 Å². The van der Waals surface area contributed by atoms with Gasteiger partial charge in [-0.3, -0.25) is 4.79 Å². The molecule has 1 aliphatic rings. The van der Waals surface area contributed by atoms with Crippen LogP contribution in [0.25, 0.3) is 0 Å². The number of ether oxygens (including phenoxy) is 3. The van der Waals surface area contributed by atoms with E-state index in [1.807, 2.05) is 30.3 Å². The van der Waals surface area contributed by atoms with Crippen LogP contribution < -0.4 is 5.43 Å². The van der Waals surface area contributed by atoms with Crippen molar-refractivity contribution in [1.82, 2.24) is 15.3 Å². The van der Waals surface area contributed by atoms with Crippen molar-refractivity contribution in [1.29, 1.82) is 0 Å². The Balaban J connectivity index is 2.03. The molecule has 1 fully saturated rings. The van der Waals surface area contributed by atoms with Gasteiger partial charge in [0.25, 0.3) is 5.91 Å². The molecule has 38 heavy (non-hydrogen) atoms. The van der Waals surface area contributed by atoms with Crippen LogP contribution in [0.1, 0.15) is 58.7 Å². The Morgan fingerprint density at radius 2 is 1.50 bits per heavy atom. The van der Waals surface area contributed by atoms with Gasteiger partial charge in [-0.25, -0.2) is 24.7 Å². The third-order valence-corrected chi connectivity index (χ3v) is 5.32. The standard InChI is InChI=1S/C28H35N3O7/c1-27(2,3)37-24(33)29-31(26(35)38-28(4,5)6)22(20-15-11-8-12-16-20)23(32)30-21(18-36-25(30)34)17-19-13-9-7-10-14-19/h7-16,21-22H,17-18H2,1-6H3,(H,29,33)/t21-,22?/m0/s1. The summed E-state index contributed by atoms with van der Waals surface area (Å²) in [7, 11) is 0. The van der Waals surface area contributed by atoms with Gasteiger partial charge < -0.3 is 14.2 Å². The minimum atomic E-state index is -1.46. The average Bonchev–Trinajstić information content (AvgIpc) is 3.17. The van der Waals surface area contributed by atoms with Crippen LogP contribution in [-0.4, -0.2) is 57.9 Å². The third kappa shape index (κ3) is 7.71. The van der Waals surface area contributed by atoms with Gasteiger partial charge in [0.15, 0.2) is 6.04 Å². The highest BCUT2D eigenvalue weighted by atomic mass is 16.6. The molecule has 10 heteroatoms. The number of hydrogen-bond acceptors (Lipinski definition) is 7. The molecule has 10 nitrogen and oxygen atoms in total. The number of carbonyl (C=O) groups is 4. The van der Waals surface area contributed by atoms with E-state index in [4.69, 9.17) is 14.2 Å². The number of nitrogens with one attached hydrogen (secondary N) is 1. The summed E-state index contributed by atoms with van der Waals surface area (Å²) in [5.41, 5.74) is 1.80. The summed E-state index contributed by atoms with van der Waals surface area (Å²) >= 11 is 0. The smallest absolute Gasteiger partial charge is 0.430 e. The minimum Gasteiger partial charge on any atom is -0.447 e. The summed E-state index contributed by atoms with van der Waals surface area (Å²) in [6.45, 7) is 9.96. The number of nitrogens with zero attached hydrogens (tertiary/aromatic N) is 2. The van der Waals surface area contributed by atoms with E-state index in [0.29, 0.717) is 12.0 Å². The predicted octanol–water partition coefficient (Wildman–Crippen LogP) is 4.99. The Morgan fingerprint density at radius 3 is 2.05 bits per heavy atom. The molecule has 0 aromatic heterocycles. The van der Waals surface area contributed by atoms with Crippen LogP contribution in [0.4, 0.5) is 14.4 Å². The van der Waals surface area contributed by atoms with Crippen molar-refractivity contribution in [2.75, 3.05) is 6.61 Å². The van der Waals surface area contributed by atoms with Gasteiger partial charge in [0.05, 0.1) is 6.04 Å². The first-order valence-electron chi connectivity index (χ1n) is 12.4. The summed E-state index contributed by atoms with van der Waals surface area (Å²) < 4.78 is 16.1. The van der Waals surface area contributed by atoms with Gasteiger partial charge in [0.2, 0.25) is 0 Å². The second-order valence-corrected chi connectivity index (χ2v) is 10.9. The molecular formula is C28H35N3O7. The number of benzene rings is 2. The van der Waals surface area contributed by atoms with Crippen LogP contribution >= 0.6 is 0 Å². The largest absolute Gasteiger partial charge is 0.447 e. The number of imide groups is 1. The number of hydrazine groups is 1. The highest BCUT2D eigenvalue weighted by Gasteiger charge is 2.46. The molecule has 1 unspecified atom stereocenters. The first kappa shape index (κ1) is 28.5. The van der Waals surface area contributed by atoms with E-state index in [1.165, 1.54) is 0 Å². The quantitative estimate of drug-likeness (QED) is 0.432. The van der Waals surface area contributed by atoms with Crippen LogP contribution in [0.2, 0.25) is 0 Å². The molecule has 204 valence electrons. The lowest BCUT2D eigenvalue weighted by molar-refractivity contribution is -0.136. The summed E-state index contributed by atoms with van der Waals surface area (Å²) in [6, 6.07) is 15.6. The fourth-order valence-corrected chi connectivity index (χ4v) is 3.86. The van der Waals surface area contributed by atoms with E-state index in [-0.39, 0.29) is 6.61 Å². The first-order chi connectivity index (χ1) is 17.7. The fraction of sp³-hybridized carbons (Fsp3) is 0.429. The predicted molar refractivity (Wildman–Crippen MR) is 139 cm³/mol. The van der Waals surface area contributed by atoms with Gasteiger partial charge in [-0.1, -0.05) is 60.7 Å². The molecule has 0 aliphatic carbocycles. The van der Waals surface area contributed by atoms with E-state index in [1.54, 1.807) is 71.9 Å². The van der Waals surface area contributed by atoms with Crippen molar-refractivity contribution >= 4 is 24.2 Å². The van der Waals surface area contributed by atoms with E-state index < -0.39 is 47.5 Å². The molecule has 1 N–H and O–H groups in total. The lowest BCUT2D eigenvalue weighted by Crippen LogP contribution is -2.56. The Morgan fingerprint density at radius 1 is 0.947 bits per heavy atom. The molecule has 0 bridgehead atoms. The van der Waals surface area contributed by atoms with Crippen LogP contribution in [0.15, 0.2) is 60.7 Å². The van der Waals surface area contributed by atoms with Crippen molar-refractivity contribution in [2.45, 2.75) is 71.2 Å². The zero-order valence-electron chi connectivity index (χ0n) is 22.6. The molecule has 0 radical (unpaired) electrons. The molecule has 2 aromatic carbocycles. The Hall–Kier alpha value is -4.08. The lowest BCUT2D eigenvalue weighted by Gasteiger charge is -2.35. The normalized spacial score (nSPS) is 16.3. The molecule has 2 atom stereocenters. The third-order valence-electron chi connectivity index (χ3n) is 5.32. The second-order valence-electron chi connectivity index (χ2n) is 10.9. The van der Waals surface area contributed by atoms with Crippen molar-refractivity contribution in [3.05, 3.63) is 71.8 Å². The number of carbonyl (C=O) groups excluding carboxylic acids is 4. The van der Waals surface area contributed by atoms with Crippen molar-refractivity contribution < 1.29 is 33.4 Å². The lowest BCUT2D eigenvalue weighted by atomic mass is 10.0. The molecule has 1 saturated heterocycles. The molecule has 4 amide bonds. The van der Waals surface area contributed by atoms with Gasteiger partial charge in [0.1, 0.15) is 17.8 Å². The zero-order valence-corrected chi connectivity index (χ0v) is 22.6. The van der Waals surface area contributed by atoms with Gasteiger partial charge >= 0.3 is 18.3 Å². The average molecular weight is 526 g/mol. The topological polar surface area (TPSA) is 114 Å². The van der Waals surface area contributed by atoms with Gasteiger partial charge in [0, 0.05) is 0 Å². The Bertz CT molecular complexity index is 1140. The highest BCUT2D eigenvalue weighted by Crippen LogP contribution is 2.29. The Kier molecular flexibility index (Phi) is 8.65.